The minimum Gasteiger partial charge on any atom is -0.497 e. The van der Waals surface area contributed by atoms with Crippen LogP contribution in [-0.4, -0.2) is 74.6 Å². The minimum absolute atomic E-state index is 0.279. The van der Waals surface area contributed by atoms with Crippen LogP contribution in [0.25, 0.3) is 0 Å². The lowest BCUT2D eigenvalue weighted by Crippen LogP contribution is -2.60. The number of methoxy groups -OCH3 is 1. The van der Waals surface area contributed by atoms with Gasteiger partial charge in [0.25, 0.3) is 0 Å². The van der Waals surface area contributed by atoms with E-state index in [0.717, 1.165) is 29.0 Å². The Morgan fingerprint density at radius 1 is 1.10 bits per heavy atom. The molecule has 30 heavy (non-hydrogen) atoms. The quantitative estimate of drug-likeness (QED) is 0.481. The molecule has 1 aliphatic rings. The monoisotopic (exact) mass is 422 g/mol. The molecule has 0 spiro atoms. The Balaban J connectivity index is 1.88. The Hall–Kier alpha value is -2.17. The van der Waals surface area contributed by atoms with Gasteiger partial charge in [-0.3, -0.25) is 4.68 Å². The number of hydrogen-bond acceptors (Lipinski definition) is 8. The first-order valence-electron chi connectivity index (χ1n) is 10.1. The fourth-order valence-electron chi connectivity index (χ4n) is 3.51. The van der Waals surface area contributed by atoms with Crippen molar-refractivity contribution in [2.45, 2.75) is 63.9 Å². The third-order valence-corrected chi connectivity index (χ3v) is 5.35. The standard InChI is InChI=1S/C21H30N2O7/c1-4-9-23-12(2)15(10-13-5-7-14(28-3)8-6-13)20(22-23)30-21-19(27)18(26)17(25)16(11-24)29-21/h5-8,16-19,21,24-27H,4,9-11H2,1-3H3/t16-,17-,18+,19-,21?/m1/s1. The molecule has 9 heteroatoms. The lowest BCUT2D eigenvalue weighted by molar-refractivity contribution is -0.278. The van der Waals surface area contributed by atoms with Crippen molar-refractivity contribution in [1.82, 2.24) is 9.78 Å². The van der Waals surface area contributed by atoms with E-state index < -0.39 is 37.3 Å². The van der Waals surface area contributed by atoms with E-state index in [1.165, 1.54) is 0 Å². The van der Waals surface area contributed by atoms with Gasteiger partial charge in [0.15, 0.2) is 0 Å². The van der Waals surface area contributed by atoms with Gasteiger partial charge in [-0.25, -0.2) is 0 Å². The molecule has 5 atom stereocenters. The zero-order chi connectivity index (χ0) is 21.8. The maximum Gasteiger partial charge on any atom is 0.239 e. The van der Waals surface area contributed by atoms with E-state index in [-0.39, 0.29) is 5.88 Å². The third kappa shape index (κ3) is 4.60. The van der Waals surface area contributed by atoms with Gasteiger partial charge in [0, 0.05) is 24.2 Å². The van der Waals surface area contributed by atoms with E-state index in [1.807, 2.05) is 42.8 Å². The highest BCUT2D eigenvalue weighted by molar-refractivity contribution is 5.38. The number of ether oxygens (including phenoxy) is 3. The van der Waals surface area contributed by atoms with E-state index in [1.54, 1.807) is 7.11 Å². The van der Waals surface area contributed by atoms with E-state index in [2.05, 4.69) is 5.10 Å². The summed E-state index contributed by atoms with van der Waals surface area (Å²) >= 11 is 0. The first-order valence-corrected chi connectivity index (χ1v) is 10.1. The normalized spacial score (nSPS) is 26.6. The SMILES string of the molecule is CCCn1nc(OC2O[C@H](CO)[C@@H](O)[C@H](O)[C@H]2O)c(Cc2ccc(OC)cc2)c1C. The largest absolute Gasteiger partial charge is 0.497 e. The Labute approximate surface area is 175 Å². The second kappa shape index (κ2) is 9.76. The van der Waals surface area contributed by atoms with Crippen LogP contribution < -0.4 is 9.47 Å². The van der Waals surface area contributed by atoms with E-state index >= 15 is 0 Å². The van der Waals surface area contributed by atoms with Gasteiger partial charge in [-0.15, -0.1) is 5.10 Å². The van der Waals surface area contributed by atoms with Crippen LogP contribution >= 0.6 is 0 Å². The number of aliphatic hydroxyl groups excluding tert-OH is 4. The van der Waals surface area contributed by atoms with Gasteiger partial charge < -0.3 is 34.6 Å². The summed E-state index contributed by atoms with van der Waals surface area (Å²) < 4.78 is 18.4. The fourth-order valence-corrected chi connectivity index (χ4v) is 3.51. The van der Waals surface area contributed by atoms with Gasteiger partial charge >= 0.3 is 0 Å². The number of aromatic nitrogens is 2. The molecule has 166 valence electrons. The molecule has 2 aromatic rings. The zero-order valence-corrected chi connectivity index (χ0v) is 17.4. The van der Waals surface area contributed by atoms with Crippen molar-refractivity contribution in [3.05, 3.63) is 41.1 Å². The van der Waals surface area contributed by atoms with Gasteiger partial charge in [0.05, 0.1) is 13.7 Å². The van der Waals surface area contributed by atoms with Crippen LogP contribution in [0.2, 0.25) is 0 Å². The lowest BCUT2D eigenvalue weighted by Gasteiger charge is -2.39. The minimum atomic E-state index is -1.51. The number of rotatable bonds is 8. The van der Waals surface area contributed by atoms with E-state index in [0.29, 0.717) is 13.0 Å². The van der Waals surface area contributed by atoms with Gasteiger partial charge in [-0.05, 0) is 31.0 Å². The predicted molar refractivity (Wildman–Crippen MR) is 107 cm³/mol. The molecule has 9 nitrogen and oxygen atoms in total. The Kier molecular flexibility index (Phi) is 7.32. The van der Waals surface area contributed by atoms with Crippen molar-refractivity contribution in [3.63, 3.8) is 0 Å². The number of hydrogen-bond donors (Lipinski definition) is 4. The van der Waals surface area contributed by atoms with Gasteiger partial charge in [0.2, 0.25) is 12.2 Å². The molecule has 0 saturated carbocycles. The highest BCUT2D eigenvalue weighted by atomic mass is 16.7. The predicted octanol–water partition coefficient (Wildman–Crippen LogP) is 0.380. The van der Waals surface area contributed by atoms with Crippen molar-refractivity contribution in [2.75, 3.05) is 13.7 Å². The van der Waals surface area contributed by atoms with Crippen molar-refractivity contribution < 1.29 is 34.6 Å². The van der Waals surface area contributed by atoms with Crippen LogP contribution in [0, 0.1) is 6.92 Å². The third-order valence-electron chi connectivity index (χ3n) is 5.35. The molecule has 0 bridgehead atoms. The molecule has 1 aliphatic heterocycles. The second-order valence-electron chi connectivity index (χ2n) is 7.43. The number of aliphatic hydroxyl groups is 4. The molecular formula is C21H30N2O7. The van der Waals surface area contributed by atoms with Crippen molar-refractivity contribution >= 4 is 0 Å². The maximum absolute atomic E-state index is 10.3. The summed E-state index contributed by atoms with van der Waals surface area (Å²) in [5.41, 5.74) is 2.77. The highest BCUT2D eigenvalue weighted by Gasteiger charge is 2.45. The molecule has 0 amide bonds. The Morgan fingerprint density at radius 2 is 1.80 bits per heavy atom. The Morgan fingerprint density at radius 3 is 2.40 bits per heavy atom. The van der Waals surface area contributed by atoms with Crippen LogP contribution in [0.1, 0.15) is 30.2 Å². The molecule has 0 radical (unpaired) electrons. The Bertz CT molecular complexity index is 822. The smallest absolute Gasteiger partial charge is 0.239 e. The molecule has 1 saturated heterocycles. The molecular weight excluding hydrogens is 392 g/mol. The van der Waals surface area contributed by atoms with Crippen molar-refractivity contribution in [3.8, 4) is 11.6 Å². The lowest BCUT2D eigenvalue weighted by atomic mass is 9.99. The molecule has 1 aromatic carbocycles. The topological polar surface area (TPSA) is 126 Å². The van der Waals surface area contributed by atoms with Crippen molar-refractivity contribution in [2.24, 2.45) is 0 Å². The summed E-state index contributed by atoms with van der Waals surface area (Å²) in [4.78, 5) is 0. The summed E-state index contributed by atoms with van der Waals surface area (Å²) in [5.74, 6) is 1.04. The summed E-state index contributed by atoms with van der Waals surface area (Å²) in [6.45, 7) is 4.16. The second-order valence-corrected chi connectivity index (χ2v) is 7.43. The number of benzene rings is 1. The first kappa shape index (κ1) is 22.5. The average molecular weight is 422 g/mol. The number of nitrogens with zero attached hydrogens (tertiary/aromatic N) is 2. The molecule has 4 N–H and O–H groups in total. The maximum atomic E-state index is 10.3. The van der Waals surface area contributed by atoms with Gasteiger partial charge in [-0.2, -0.15) is 0 Å². The van der Waals surface area contributed by atoms with Crippen LogP contribution in [0.15, 0.2) is 24.3 Å². The molecule has 1 aromatic heterocycles. The molecule has 0 aliphatic carbocycles. The van der Waals surface area contributed by atoms with Gasteiger partial charge in [0.1, 0.15) is 30.2 Å². The molecule has 1 fully saturated rings. The van der Waals surface area contributed by atoms with Crippen LogP contribution in [-0.2, 0) is 17.7 Å². The molecule has 2 heterocycles. The zero-order valence-electron chi connectivity index (χ0n) is 17.4. The highest BCUT2D eigenvalue weighted by Crippen LogP contribution is 2.29. The van der Waals surface area contributed by atoms with Crippen LogP contribution in [0.4, 0.5) is 0 Å². The molecule has 3 rings (SSSR count). The summed E-state index contributed by atoms with van der Waals surface area (Å²) in [5, 5.41) is 44.2. The number of aryl methyl sites for hydroxylation is 1. The van der Waals surface area contributed by atoms with Crippen molar-refractivity contribution in [1.29, 1.82) is 0 Å². The van der Waals surface area contributed by atoms with E-state index in [9.17, 15) is 20.4 Å². The summed E-state index contributed by atoms with van der Waals surface area (Å²) in [6.07, 6.45) is -5.35. The van der Waals surface area contributed by atoms with E-state index in [4.69, 9.17) is 14.2 Å². The molecule has 1 unspecified atom stereocenters. The summed E-state index contributed by atoms with van der Waals surface area (Å²) in [7, 11) is 1.61. The van der Waals surface area contributed by atoms with Crippen LogP contribution in [0.3, 0.4) is 0 Å². The average Bonchev–Trinajstić information content (AvgIpc) is 3.03. The first-order chi connectivity index (χ1) is 14.4. The fraction of sp³-hybridized carbons (Fsp3) is 0.571. The summed E-state index contributed by atoms with van der Waals surface area (Å²) in [6, 6.07) is 7.65. The van der Waals surface area contributed by atoms with Gasteiger partial charge in [-0.1, -0.05) is 19.1 Å². The van der Waals surface area contributed by atoms with Crippen LogP contribution in [0.5, 0.6) is 11.6 Å².